The predicted molar refractivity (Wildman–Crippen MR) is 71.6 cm³/mol. The summed E-state index contributed by atoms with van der Waals surface area (Å²) >= 11 is 1.51. The van der Waals surface area contributed by atoms with Crippen LogP contribution in [0.15, 0.2) is 11.4 Å². The number of thiophene rings is 1. The van der Waals surface area contributed by atoms with Crippen molar-refractivity contribution in [2.45, 2.75) is 39.0 Å². The Kier molecular flexibility index (Phi) is 6.89. The van der Waals surface area contributed by atoms with Crippen molar-refractivity contribution in [1.82, 2.24) is 5.32 Å². The van der Waals surface area contributed by atoms with Crippen LogP contribution in [0.5, 0.6) is 0 Å². The summed E-state index contributed by atoms with van der Waals surface area (Å²) in [6.45, 7) is 3.06. The minimum atomic E-state index is 0.0546. The Morgan fingerprint density at radius 3 is 2.82 bits per heavy atom. The number of aryl methyl sites for hydroxylation is 1. The molecule has 4 heteroatoms. The first-order chi connectivity index (χ1) is 8.29. The van der Waals surface area contributed by atoms with Gasteiger partial charge in [0.1, 0.15) is 0 Å². The number of amides is 1. The molecule has 1 heterocycles. The smallest absolute Gasteiger partial charge is 0.261 e. The molecule has 0 bridgehead atoms. The van der Waals surface area contributed by atoms with E-state index in [0.29, 0.717) is 0 Å². The van der Waals surface area contributed by atoms with Gasteiger partial charge in [0, 0.05) is 13.2 Å². The normalized spacial score (nSPS) is 10.5. The van der Waals surface area contributed by atoms with Crippen LogP contribution < -0.4 is 5.32 Å². The van der Waals surface area contributed by atoms with Crippen molar-refractivity contribution in [2.75, 3.05) is 13.2 Å². The van der Waals surface area contributed by atoms with Gasteiger partial charge >= 0.3 is 0 Å². The highest BCUT2D eigenvalue weighted by Gasteiger charge is 2.10. The van der Waals surface area contributed by atoms with Gasteiger partial charge in [0.05, 0.1) is 4.88 Å². The van der Waals surface area contributed by atoms with E-state index >= 15 is 0 Å². The van der Waals surface area contributed by atoms with Crippen molar-refractivity contribution in [3.05, 3.63) is 21.9 Å². The molecule has 0 aliphatic rings. The summed E-state index contributed by atoms with van der Waals surface area (Å²) < 4.78 is 0. The number of hydrogen-bond acceptors (Lipinski definition) is 3. The van der Waals surface area contributed by atoms with Crippen molar-refractivity contribution in [3.8, 4) is 0 Å². The first-order valence-corrected chi connectivity index (χ1v) is 7.13. The lowest BCUT2D eigenvalue weighted by Crippen LogP contribution is -2.24. The molecule has 96 valence electrons. The molecule has 0 atom stereocenters. The average Bonchev–Trinajstić information content (AvgIpc) is 2.81. The van der Waals surface area contributed by atoms with Gasteiger partial charge in [-0.25, -0.2) is 0 Å². The highest BCUT2D eigenvalue weighted by atomic mass is 32.1. The summed E-state index contributed by atoms with van der Waals surface area (Å²) in [6.07, 6.45) is 4.84. The van der Waals surface area contributed by atoms with E-state index in [1.165, 1.54) is 11.3 Å². The number of carbonyl (C=O) groups excluding carboxylic acids is 1. The molecule has 2 N–H and O–H groups in total. The van der Waals surface area contributed by atoms with Gasteiger partial charge in [-0.2, -0.15) is 0 Å². The number of unbranched alkanes of at least 4 members (excludes halogenated alkanes) is 3. The predicted octanol–water partition coefficient (Wildman–Crippen LogP) is 2.59. The molecule has 1 aromatic heterocycles. The van der Waals surface area contributed by atoms with Crippen LogP contribution in [0, 0.1) is 0 Å². The Morgan fingerprint density at radius 2 is 2.12 bits per heavy atom. The summed E-state index contributed by atoms with van der Waals surface area (Å²) in [5.74, 6) is 0.0546. The van der Waals surface area contributed by atoms with Crippen molar-refractivity contribution >= 4 is 17.2 Å². The Hall–Kier alpha value is -0.870. The van der Waals surface area contributed by atoms with Crippen molar-refractivity contribution in [1.29, 1.82) is 0 Å². The zero-order valence-electron chi connectivity index (χ0n) is 10.4. The third kappa shape index (κ3) is 4.88. The van der Waals surface area contributed by atoms with Crippen molar-refractivity contribution < 1.29 is 9.90 Å². The second kappa shape index (κ2) is 8.25. The Bertz CT molecular complexity index is 336. The molecular formula is C13H21NO2S. The Morgan fingerprint density at radius 1 is 1.35 bits per heavy atom. The van der Waals surface area contributed by atoms with Crippen LogP contribution in [0.2, 0.25) is 0 Å². The van der Waals surface area contributed by atoms with E-state index in [0.717, 1.165) is 49.1 Å². The maximum Gasteiger partial charge on any atom is 0.261 e. The van der Waals surface area contributed by atoms with Gasteiger partial charge in [-0.15, -0.1) is 11.3 Å². The molecule has 0 fully saturated rings. The van der Waals surface area contributed by atoms with Gasteiger partial charge < -0.3 is 10.4 Å². The van der Waals surface area contributed by atoms with Crippen LogP contribution in [0.3, 0.4) is 0 Å². The number of nitrogens with one attached hydrogen (secondary N) is 1. The van der Waals surface area contributed by atoms with Gasteiger partial charge in [0.25, 0.3) is 5.91 Å². The fraction of sp³-hybridized carbons (Fsp3) is 0.615. The molecule has 3 nitrogen and oxygen atoms in total. The van der Waals surface area contributed by atoms with Crippen molar-refractivity contribution in [3.63, 3.8) is 0 Å². The molecular weight excluding hydrogens is 234 g/mol. The van der Waals surface area contributed by atoms with Crippen LogP contribution in [-0.2, 0) is 6.42 Å². The molecule has 1 aromatic rings. The van der Waals surface area contributed by atoms with E-state index in [2.05, 4.69) is 12.2 Å². The van der Waals surface area contributed by atoms with Crippen LogP contribution in [-0.4, -0.2) is 24.2 Å². The van der Waals surface area contributed by atoms with E-state index in [1.807, 2.05) is 11.4 Å². The van der Waals surface area contributed by atoms with E-state index in [9.17, 15) is 4.79 Å². The molecule has 0 aliphatic carbocycles. The maximum absolute atomic E-state index is 11.8. The number of carbonyl (C=O) groups is 1. The second-order valence-electron chi connectivity index (χ2n) is 4.02. The first-order valence-electron chi connectivity index (χ1n) is 6.25. The topological polar surface area (TPSA) is 49.3 Å². The van der Waals surface area contributed by atoms with E-state index < -0.39 is 0 Å². The molecule has 0 saturated heterocycles. The van der Waals surface area contributed by atoms with Crippen molar-refractivity contribution in [2.24, 2.45) is 0 Å². The van der Waals surface area contributed by atoms with Crippen LogP contribution in [0.4, 0.5) is 0 Å². The van der Waals surface area contributed by atoms with Gasteiger partial charge in [0.2, 0.25) is 0 Å². The highest BCUT2D eigenvalue weighted by molar-refractivity contribution is 7.12. The molecule has 0 radical (unpaired) electrons. The van der Waals surface area contributed by atoms with Gasteiger partial charge in [-0.3, -0.25) is 4.79 Å². The lowest BCUT2D eigenvalue weighted by Gasteiger charge is -2.05. The SMILES string of the molecule is CCc1ccsc1C(=O)NCCCCCCO. The molecule has 0 saturated carbocycles. The summed E-state index contributed by atoms with van der Waals surface area (Å²) in [7, 11) is 0. The average molecular weight is 255 g/mol. The van der Waals surface area contributed by atoms with Gasteiger partial charge in [0.15, 0.2) is 0 Å². The molecule has 0 spiro atoms. The second-order valence-corrected chi connectivity index (χ2v) is 4.94. The fourth-order valence-corrected chi connectivity index (χ4v) is 2.60. The standard InChI is InChI=1S/C13H21NO2S/c1-2-11-7-10-17-12(11)13(16)14-8-5-3-4-6-9-15/h7,10,15H,2-6,8-9H2,1H3,(H,14,16). The minimum Gasteiger partial charge on any atom is -0.396 e. The number of aliphatic hydroxyl groups excluding tert-OH is 1. The van der Waals surface area contributed by atoms with Crippen LogP contribution in [0.25, 0.3) is 0 Å². The number of rotatable bonds is 8. The summed E-state index contributed by atoms with van der Waals surface area (Å²) in [5.41, 5.74) is 1.13. The maximum atomic E-state index is 11.8. The van der Waals surface area contributed by atoms with E-state index in [1.54, 1.807) is 0 Å². The zero-order valence-corrected chi connectivity index (χ0v) is 11.2. The quantitative estimate of drug-likeness (QED) is 0.701. The van der Waals surface area contributed by atoms with Crippen LogP contribution >= 0.6 is 11.3 Å². The van der Waals surface area contributed by atoms with Gasteiger partial charge in [-0.1, -0.05) is 19.8 Å². The third-order valence-electron chi connectivity index (χ3n) is 2.70. The Labute approximate surface area is 107 Å². The first kappa shape index (κ1) is 14.2. The summed E-state index contributed by atoms with van der Waals surface area (Å²) in [5, 5.41) is 13.5. The van der Waals surface area contributed by atoms with E-state index in [4.69, 9.17) is 5.11 Å². The highest BCUT2D eigenvalue weighted by Crippen LogP contribution is 2.16. The molecule has 1 amide bonds. The van der Waals surface area contributed by atoms with Crippen LogP contribution in [0.1, 0.15) is 47.8 Å². The summed E-state index contributed by atoms with van der Waals surface area (Å²) in [6, 6.07) is 2.01. The lowest BCUT2D eigenvalue weighted by atomic mass is 10.2. The molecule has 0 aromatic carbocycles. The lowest BCUT2D eigenvalue weighted by molar-refractivity contribution is 0.0956. The van der Waals surface area contributed by atoms with Gasteiger partial charge in [-0.05, 0) is 36.3 Å². The Balaban J connectivity index is 2.21. The monoisotopic (exact) mass is 255 g/mol. The summed E-state index contributed by atoms with van der Waals surface area (Å²) in [4.78, 5) is 12.7. The largest absolute Gasteiger partial charge is 0.396 e. The van der Waals surface area contributed by atoms with E-state index in [-0.39, 0.29) is 12.5 Å². The number of aliphatic hydroxyl groups is 1. The number of hydrogen-bond donors (Lipinski definition) is 2. The molecule has 17 heavy (non-hydrogen) atoms. The molecule has 1 rings (SSSR count). The molecule has 0 aliphatic heterocycles. The zero-order chi connectivity index (χ0) is 12.5. The minimum absolute atomic E-state index is 0.0546. The fourth-order valence-electron chi connectivity index (χ4n) is 1.69. The third-order valence-corrected chi connectivity index (χ3v) is 3.66. The molecule has 0 unspecified atom stereocenters.